The maximum absolute atomic E-state index is 12.3. The third-order valence-corrected chi connectivity index (χ3v) is 14.0. The molecule has 7 aromatic carbocycles. The molecule has 2 aromatic heterocycles. The van der Waals surface area contributed by atoms with Crippen LogP contribution in [0.25, 0.3) is 83.9 Å². The predicted molar refractivity (Wildman–Crippen MR) is 280 cm³/mol. The predicted octanol–water partition coefficient (Wildman–Crippen LogP) is 16.5. The van der Waals surface area contributed by atoms with E-state index in [1.165, 1.54) is 27.8 Å². The zero-order chi connectivity index (χ0) is 47.2. The van der Waals surface area contributed by atoms with Gasteiger partial charge in [-0.25, -0.2) is 4.98 Å². The van der Waals surface area contributed by atoms with Gasteiger partial charge in [0.1, 0.15) is 11.6 Å². The Balaban J connectivity index is 0.00000578. The molecule has 0 atom stereocenters. The molecule has 0 fully saturated rings. The SMILES string of the molecule is CC(C)(C)c1ccc(-c2ccnc(-c3[c-]c(-c4cccc5c4nc(-c4cc6c(cc4O)C(C)(C)c4ccccc4-6)n5-c4ccc(C(C)(C)C)cc4-c4ccccc4)cc(C(C)(C)C)c3)c2)cc1.[Pt]. The van der Waals surface area contributed by atoms with Gasteiger partial charge in [0.25, 0.3) is 0 Å². The fraction of sp³-hybridized carbons (Fsp3) is 0.238. The molecule has 0 unspecified atom stereocenters. The van der Waals surface area contributed by atoms with Gasteiger partial charge in [0.15, 0.2) is 0 Å². The van der Waals surface area contributed by atoms with Crippen molar-refractivity contribution in [2.75, 3.05) is 0 Å². The molecule has 1 aliphatic rings. The Hall–Kier alpha value is -6.35. The summed E-state index contributed by atoms with van der Waals surface area (Å²) in [6, 6.07) is 58.2. The first-order chi connectivity index (χ1) is 31.8. The fourth-order valence-corrected chi connectivity index (χ4v) is 9.91. The van der Waals surface area contributed by atoms with Crippen LogP contribution >= 0.6 is 0 Å². The van der Waals surface area contributed by atoms with Crippen LogP contribution in [0.1, 0.15) is 104 Å². The Labute approximate surface area is 417 Å². The van der Waals surface area contributed by atoms with Gasteiger partial charge in [-0.3, -0.25) is 9.55 Å². The zero-order valence-electron chi connectivity index (χ0n) is 41.1. The van der Waals surface area contributed by atoms with Gasteiger partial charge in [-0.05, 0) is 103 Å². The Morgan fingerprint density at radius 1 is 0.500 bits per heavy atom. The molecule has 344 valence electrons. The van der Waals surface area contributed by atoms with Crippen molar-refractivity contribution in [3.05, 3.63) is 192 Å². The van der Waals surface area contributed by atoms with Crippen molar-refractivity contribution in [3.8, 4) is 78.6 Å². The number of fused-ring (bicyclic) bond motifs is 4. The van der Waals surface area contributed by atoms with Crippen LogP contribution in [0.5, 0.6) is 5.75 Å². The number of benzene rings is 7. The number of hydrogen-bond acceptors (Lipinski definition) is 3. The molecule has 5 heteroatoms. The number of aromatic hydroxyl groups is 1. The smallest absolute Gasteiger partial charge is 0.148 e. The van der Waals surface area contributed by atoms with Gasteiger partial charge in [-0.1, -0.05) is 190 Å². The number of aromatic nitrogens is 3. The van der Waals surface area contributed by atoms with Gasteiger partial charge >= 0.3 is 0 Å². The fourth-order valence-electron chi connectivity index (χ4n) is 9.91. The summed E-state index contributed by atoms with van der Waals surface area (Å²) in [6.45, 7) is 24.8. The average Bonchev–Trinajstić information content (AvgIpc) is 3.79. The van der Waals surface area contributed by atoms with Crippen LogP contribution in [-0.2, 0) is 42.7 Å². The first kappa shape index (κ1) is 46.7. The topological polar surface area (TPSA) is 50.9 Å². The standard InChI is InChI=1S/C63H60N3O.Pt/c1-60(2,3)44-26-24-39(25-27-44)41-30-31-64-54(35-41)43-32-42(33-46(34-43)62(7,8)9)47-21-17-23-56-58(47)65-59(51-37-50-48-20-15-16-22-52(48)63(10,11)53(50)38-57(51)67)66(56)55-29-28-45(61(4,5)6)36-49(55)40-18-13-12-14-19-40;/h12-31,33-38,67H,1-11H3;/q-1;. The number of rotatable bonds is 6. The van der Waals surface area contributed by atoms with Crippen LogP contribution in [-0.4, -0.2) is 19.6 Å². The van der Waals surface area contributed by atoms with Crippen molar-refractivity contribution in [3.63, 3.8) is 0 Å². The largest absolute Gasteiger partial charge is 0.507 e. The summed E-state index contributed by atoms with van der Waals surface area (Å²) in [5, 5.41) is 12.3. The first-order valence-corrected chi connectivity index (χ1v) is 23.6. The molecule has 0 radical (unpaired) electrons. The molecular weight excluding hydrogens is 1010 g/mol. The summed E-state index contributed by atoms with van der Waals surface area (Å²) in [5.41, 5.74) is 19.5. The van der Waals surface area contributed by atoms with Crippen LogP contribution in [0.2, 0.25) is 0 Å². The molecule has 9 aromatic rings. The number of nitrogens with zero attached hydrogens (tertiary/aromatic N) is 3. The maximum atomic E-state index is 12.3. The minimum absolute atomic E-state index is 0. The third-order valence-electron chi connectivity index (χ3n) is 14.0. The summed E-state index contributed by atoms with van der Waals surface area (Å²) < 4.78 is 2.27. The molecule has 0 aliphatic heterocycles. The molecule has 0 amide bonds. The minimum Gasteiger partial charge on any atom is -0.507 e. The minimum atomic E-state index is -0.268. The number of hydrogen-bond donors (Lipinski definition) is 1. The van der Waals surface area contributed by atoms with E-state index in [9.17, 15) is 5.11 Å². The summed E-state index contributed by atoms with van der Waals surface area (Å²) in [5.74, 6) is 0.873. The molecule has 1 aliphatic carbocycles. The second kappa shape index (κ2) is 17.0. The van der Waals surface area contributed by atoms with E-state index in [0.29, 0.717) is 11.4 Å². The van der Waals surface area contributed by atoms with Gasteiger partial charge < -0.3 is 5.11 Å². The van der Waals surface area contributed by atoms with Crippen molar-refractivity contribution >= 4 is 11.0 Å². The van der Waals surface area contributed by atoms with Crippen molar-refractivity contribution < 1.29 is 26.2 Å². The molecule has 0 saturated heterocycles. The molecule has 10 rings (SSSR count). The van der Waals surface area contributed by atoms with Crippen molar-refractivity contribution in [2.45, 2.75) is 97.8 Å². The Morgan fingerprint density at radius 2 is 1.15 bits per heavy atom. The molecule has 68 heavy (non-hydrogen) atoms. The number of imidazole rings is 1. The summed E-state index contributed by atoms with van der Waals surface area (Å²) in [4.78, 5) is 10.6. The van der Waals surface area contributed by atoms with Crippen molar-refractivity contribution in [1.82, 2.24) is 14.5 Å². The summed E-state index contributed by atoms with van der Waals surface area (Å²) in [6.07, 6.45) is 1.91. The number of phenolic OH excluding ortho intramolecular Hbond substituents is 1. The van der Waals surface area contributed by atoms with Gasteiger partial charge in [0.05, 0.1) is 22.3 Å². The molecule has 0 bridgehead atoms. The van der Waals surface area contributed by atoms with E-state index >= 15 is 0 Å². The Kier molecular flexibility index (Phi) is 11.7. The van der Waals surface area contributed by atoms with E-state index in [0.717, 1.165) is 72.5 Å². The van der Waals surface area contributed by atoms with E-state index in [1.54, 1.807) is 0 Å². The third kappa shape index (κ3) is 8.26. The zero-order valence-corrected chi connectivity index (χ0v) is 43.4. The normalized spacial score (nSPS) is 13.3. The van der Waals surface area contributed by atoms with Crippen molar-refractivity contribution in [2.24, 2.45) is 0 Å². The number of phenols is 1. The van der Waals surface area contributed by atoms with E-state index in [4.69, 9.17) is 9.97 Å². The summed E-state index contributed by atoms with van der Waals surface area (Å²) in [7, 11) is 0. The molecule has 0 saturated carbocycles. The molecular formula is C63H60N3OPt-. The van der Waals surface area contributed by atoms with Gasteiger partial charge in [-0.15, -0.1) is 29.3 Å². The van der Waals surface area contributed by atoms with Gasteiger partial charge in [-0.2, -0.15) is 0 Å². The summed E-state index contributed by atoms with van der Waals surface area (Å²) >= 11 is 0. The number of para-hydroxylation sites is 1. The Morgan fingerprint density at radius 3 is 1.85 bits per heavy atom. The monoisotopic (exact) mass is 1070 g/mol. The average molecular weight is 1070 g/mol. The van der Waals surface area contributed by atoms with E-state index in [2.05, 4.69) is 232 Å². The van der Waals surface area contributed by atoms with Crippen LogP contribution < -0.4 is 0 Å². The molecule has 2 heterocycles. The van der Waals surface area contributed by atoms with E-state index < -0.39 is 0 Å². The molecule has 4 nitrogen and oxygen atoms in total. The molecule has 0 spiro atoms. The second-order valence-corrected chi connectivity index (χ2v) is 22.1. The second-order valence-electron chi connectivity index (χ2n) is 22.1. The quantitative estimate of drug-likeness (QED) is 0.169. The van der Waals surface area contributed by atoms with Crippen LogP contribution in [0, 0.1) is 6.07 Å². The Bertz CT molecular complexity index is 3370. The van der Waals surface area contributed by atoms with Crippen LogP contribution in [0.4, 0.5) is 0 Å². The van der Waals surface area contributed by atoms with Crippen LogP contribution in [0.15, 0.2) is 158 Å². The van der Waals surface area contributed by atoms with Gasteiger partial charge in [0, 0.05) is 43.9 Å². The first-order valence-electron chi connectivity index (χ1n) is 23.6. The van der Waals surface area contributed by atoms with E-state index in [-0.39, 0.29) is 48.5 Å². The molecule has 1 N–H and O–H groups in total. The van der Waals surface area contributed by atoms with Gasteiger partial charge in [0.2, 0.25) is 0 Å². The van der Waals surface area contributed by atoms with Crippen LogP contribution in [0.3, 0.4) is 0 Å². The maximum Gasteiger partial charge on any atom is 0.148 e. The van der Waals surface area contributed by atoms with Crippen molar-refractivity contribution in [1.29, 1.82) is 0 Å². The number of pyridine rings is 1. The van der Waals surface area contributed by atoms with E-state index in [1.807, 2.05) is 12.3 Å².